The molecule has 0 atom stereocenters. The fourth-order valence-electron chi connectivity index (χ4n) is 4.22. The molecule has 0 aliphatic rings. The van der Waals surface area contributed by atoms with Crippen LogP contribution in [0.1, 0.15) is 27.7 Å². The third-order valence-corrected chi connectivity index (χ3v) is 6.85. The summed E-state index contributed by atoms with van der Waals surface area (Å²) in [6.45, 7) is 20.6. The summed E-state index contributed by atoms with van der Waals surface area (Å²) in [6, 6.07) is 24.8. The summed E-state index contributed by atoms with van der Waals surface area (Å²) in [5.41, 5.74) is 5.45. The molecular weight excluding hydrogens is 608 g/mol. The van der Waals surface area contributed by atoms with Crippen molar-refractivity contribution in [3.8, 4) is 56.4 Å². The smallest absolute Gasteiger partial charge is 0.338 e. The number of rotatable bonds is 11. The molecule has 0 N–H and O–H groups in total. The lowest BCUT2D eigenvalue weighted by molar-refractivity contribution is -0.131. The average molecular weight is 643 g/mol. The molecule has 242 valence electrons. The summed E-state index contributed by atoms with van der Waals surface area (Å²) in [5.74, 6) is -1.61. The maximum Gasteiger partial charge on any atom is 0.338 e. The first-order chi connectivity index (χ1) is 22.7. The Labute approximate surface area is 279 Å². The first-order valence-electron chi connectivity index (χ1n) is 14.7. The number of hydrogen-bond donors (Lipinski definition) is 0. The number of benzene rings is 4. The van der Waals surface area contributed by atoms with Gasteiger partial charge in [0.15, 0.2) is 0 Å². The molecule has 4 aromatic carbocycles. The van der Waals surface area contributed by atoms with Crippen LogP contribution in [0.3, 0.4) is 0 Å². The van der Waals surface area contributed by atoms with Crippen molar-refractivity contribution >= 4 is 23.9 Å². The Morgan fingerprint density at radius 1 is 0.396 bits per heavy atom. The van der Waals surface area contributed by atoms with E-state index in [1.807, 2.05) is 48.5 Å². The number of esters is 4. The topological polar surface area (TPSA) is 105 Å². The third-order valence-electron chi connectivity index (χ3n) is 6.85. The fourth-order valence-corrected chi connectivity index (χ4v) is 4.22. The van der Waals surface area contributed by atoms with E-state index in [9.17, 15) is 19.2 Å². The minimum Gasteiger partial charge on any atom is -0.423 e. The van der Waals surface area contributed by atoms with Crippen molar-refractivity contribution in [3.63, 3.8) is 0 Å². The highest BCUT2D eigenvalue weighted by Gasteiger charge is 2.17. The van der Waals surface area contributed by atoms with Gasteiger partial charge < -0.3 is 18.9 Å². The molecule has 4 rings (SSSR count). The van der Waals surface area contributed by atoms with Crippen molar-refractivity contribution in [2.75, 3.05) is 0 Å². The van der Waals surface area contributed by atoms with E-state index in [0.29, 0.717) is 11.1 Å². The molecule has 0 fully saturated rings. The minimum absolute atomic E-state index is 0.202. The molecule has 0 radical (unpaired) electrons. The highest BCUT2D eigenvalue weighted by molar-refractivity contribution is 5.92. The molecule has 4 aromatic rings. The third kappa shape index (κ3) is 8.50. The van der Waals surface area contributed by atoms with E-state index in [-0.39, 0.29) is 45.3 Å². The van der Waals surface area contributed by atoms with Gasteiger partial charge in [-0.1, -0.05) is 74.8 Å². The van der Waals surface area contributed by atoms with Gasteiger partial charge in [-0.25, -0.2) is 19.2 Å². The van der Waals surface area contributed by atoms with Gasteiger partial charge >= 0.3 is 23.9 Å². The van der Waals surface area contributed by atoms with Crippen LogP contribution in [-0.4, -0.2) is 23.9 Å². The van der Waals surface area contributed by atoms with Gasteiger partial charge in [0.2, 0.25) is 0 Å². The van der Waals surface area contributed by atoms with Crippen LogP contribution in [0.25, 0.3) is 33.4 Å². The zero-order valence-electron chi connectivity index (χ0n) is 27.2. The number of hydrogen-bond acceptors (Lipinski definition) is 8. The van der Waals surface area contributed by atoms with E-state index in [1.54, 1.807) is 38.1 Å². The van der Waals surface area contributed by atoms with E-state index in [2.05, 4.69) is 26.3 Å². The van der Waals surface area contributed by atoms with Gasteiger partial charge in [-0.15, -0.1) is 0 Å². The predicted octanol–water partition coefficient (Wildman–Crippen LogP) is 8.61. The van der Waals surface area contributed by atoms with Crippen LogP contribution < -0.4 is 18.9 Å². The monoisotopic (exact) mass is 642 g/mol. The summed E-state index contributed by atoms with van der Waals surface area (Å²) in [7, 11) is 0. The summed E-state index contributed by atoms with van der Waals surface area (Å²) in [4.78, 5) is 48.9. The van der Waals surface area contributed by atoms with Crippen LogP contribution in [-0.2, 0) is 19.2 Å². The fraction of sp³-hybridized carbons (Fsp3) is 0.100. The Morgan fingerprint density at radius 2 is 0.667 bits per heavy atom. The lowest BCUT2D eigenvalue weighted by atomic mass is 9.97. The molecule has 0 aromatic heterocycles. The van der Waals surface area contributed by atoms with Crippen LogP contribution in [0.15, 0.2) is 134 Å². The van der Waals surface area contributed by atoms with Crippen LogP contribution in [0.4, 0.5) is 0 Å². The quantitative estimate of drug-likeness (QED) is 0.0910. The summed E-state index contributed by atoms with van der Waals surface area (Å²) in [5, 5.41) is 0. The van der Waals surface area contributed by atoms with E-state index < -0.39 is 23.9 Å². The van der Waals surface area contributed by atoms with Crippen LogP contribution in [0, 0.1) is 0 Å². The predicted molar refractivity (Wildman–Crippen MR) is 185 cm³/mol. The Kier molecular flexibility index (Phi) is 10.7. The van der Waals surface area contributed by atoms with Crippen molar-refractivity contribution < 1.29 is 38.1 Å². The zero-order chi connectivity index (χ0) is 35.1. The van der Waals surface area contributed by atoms with E-state index in [4.69, 9.17) is 18.9 Å². The van der Waals surface area contributed by atoms with E-state index in [0.717, 1.165) is 22.3 Å². The molecule has 0 amide bonds. The maximum atomic E-state index is 12.4. The molecule has 0 heterocycles. The van der Waals surface area contributed by atoms with Gasteiger partial charge in [0, 0.05) is 45.6 Å². The van der Waals surface area contributed by atoms with Gasteiger partial charge in [0.1, 0.15) is 23.0 Å². The van der Waals surface area contributed by atoms with Gasteiger partial charge in [-0.05, 0) is 74.2 Å². The lowest BCUT2D eigenvalue weighted by Gasteiger charge is -2.14. The van der Waals surface area contributed by atoms with Crippen molar-refractivity contribution in [3.05, 3.63) is 134 Å². The molecule has 8 heteroatoms. The molecule has 0 unspecified atom stereocenters. The Morgan fingerprint density at radius 3 is 0.958 bits per heavy atom. The van der Waals surface area contributed by atoms with Gasteiger partial charge in [-0.3, -0.25) is 0 Å². The Balaban J connectivity index is 1.63. The molecule has 0 aliphatic carbocycles. The summed E-state index contributed by atoms with van der Waals surface area (Å²) >= 11 is 0. The number of carbonyl (C=O) groups is 4. The van der Waals surface area contributed by atoms with Gasteiger partial charge in [0.05, 0.1) is 0 Å². The molecule has 0 saturated carbocycles. The first kappa shape index (κ1) is 34.6. The van der Waals surface area contributed by atoms with Crippen LogP contribution in [0.2, 0.25) is 0 Å². The van der Waals surface area contributed by atoms with E-state index in [1.165, 1.54) is 26.0 Å². The summed E-state index contributed by atoms with van der Waals surface area (Å²) < 4.78 is 21.8. The SMILES string of the molecule is C=C(C)C(=O)Oc1ccc(-c2ccc(-c3ccc(-c4ccc(OC(=O)C(=C)C)cc4OC(=O)C(=C)C)cc3)cc2)c(OC(=O)C(=C)C)c1. The van der Waals surface area contributed by atoms with Crippen molar-refractivity contribution in [1.29, 1.82) is 0 Å². The second kappa shape index (κ2) is 14.9. The van der Waals surface area contributed by atoms with Gasteiger partial charge in [0.25, 0.3) is 0 Å². The molecule has 8 nitrogen and oxygen atoms in total. The van der Waals surface area contributed by atoms with E-state index >= 15 is 0 Å². The van der Waals surface area contributed by atoms with Gasteiger partial charge in [-0.2, -0.15) is 0 Å². The number of ether oxygens (including phenoxy) is 4. The molecular formula is C40H34O8. The van der Waals surface area contributed by atoms with Crippen LogP contribution in [0.5, 0.6) is 23.0 Å². The first-order valence-corrected chi connectivity index (χ1v) is 14.7. The van der Waals surface area contributed by atoms with Crippen molar-refractivity contribution in [2.24, 2.45) is 0 Å². The largest absolute Gasteiger partial charge is 0.423 e. The van der Waals surface area contributed by atoms with Crippen molar-refractivity contribution in [2.45, 2.75) is 27.7 Å². The average Bonchev–Trinajstić information content (AvgIpc) is 3.05. The summed E-state index contributed by atoms with van der Waals surface area (Å²) in [6.07, 6.45) is 0. The number of carbonyl (C=O) groups excluding carboxylic acids is 4. The Hall–Kier alpha value is -6.28. The highest BCUT2D eigenvalue weighted by Crippen LogP contribution is 2.37. The Bertz CT molecular complexity index is 1830. The second-order valence-corrected chi connectivity index (χ2v) is 11.2. The van der Waals surface area contributed by atoms with Crippen LogP contribution >= 0.6 is 0 Å². The molecule has 0 spiro atoms. The standard InChI is InChI=1S/C40H34O8/c1-23(2)37(41)45-31-17-19-33(35(21-31)47-39(43)25(5)6)29-13-9-27(10-14-29)28-11-15-30(16-12-28)34-20-18-32(46-38(42)24(3)4)22-36(34)48-40(44)26(7)8/h9-22H,1,3,5,7H2,2,4,6,8H3. The van der Waals surface area contributed by atoms with Crippen molar-refractivity contribution in [1.82, 2.24) is 0 Å². The zero-order valence-corrected chi connectivity index (χ0v) is 27.2. The second-order valence-electron chi connectivity index (χ2n) is 11.2. The minimum atomic E-state index is -0.614. The normalized spacial score (nSPS) is 10.3. The lowest BCUT2D eigenvalue weighted by Crippen LogP contribution is -2.11. The highest BCUT2D eigenvalue weighted by atomic mass is 16.6. The molecule has 0 aliphatic heterocycles. The molecule has 0 saturated heterocycles. The molecule has 48 heavy (non-hydrogen) atoms. The maximum absolute atomic E-state index is 12.4. The molecule has 0 bridgehead atoms.